The summed E-state index contributed by atoms with van der Waals surface area (Å²) in [5.41, 5.74) is 2.08. The molecule has 25 heavy (non-hydrogen) atoms. The Labute approximate surface area is 150 Å². The second kappa shape index (κ2) is 8.30. The Hall–Kier alpha value is -2.86. The third-order valence-electron chi connectivity index (χ3n) is 3.29. The summed E-state index contributed by atoms with van der Waals surface area (Å²) in [6, 6.07) is 11.5. The van der Waals surface area contributed by atoms with E-state index >= 15 is 0 Å². The number of esters is 1. The highest BCUT2D eigenvalue weighted by molar-refractivity contribution is 6.33. The molecule has 0 aliphatic heterocycles. The molecule has 0 bridgehead atoms. The first-order chi connectivity index (χ1) is 11.9. The zero-order valence-electron chi connectivity index (χ0n) is 13.8. The van der Waals surface area contributed by atoms with E-state index in [4.69, 9.17) is 11.6 Å². The summed E-state index contributed by atoms with van der Waals surface area (Å²) in [5.74, 6) is -0.977. The van der Waals surface area contributed by atoms with Crippen LogP contribution in [0, 0.1) is 0 Å². The minimum absolute atomic E-state index is 0.149. The van der Waals surface area contributed by atoms with E-state index in [1.165, 1.54) is 26.2 Å². The van der Waals surface area contributed by atoms with Crippen LogP contribution in [0.25, 0.3) is 0 Å². The number of nitrogens with one attached hydrogen (secondary N) is 2. The average molecular weight is 361 g/mol. The molecule has 0 radical (unpaired) electrons. The van der Waals surface area contributed by atoms with Crippen molar-refractivity contribution in [3.05, 3.63) is 58.6 Å². The van der Waals surface area contributed by atoms with Crippen molar-refractivity contribution in [2.75, 3.05) is 17.7 Å². The summed E-state index contributed by atoms with van der Waals surface area (Å²) in [6.07, 6.45) is 0.149. The molecule has 0 unspecified atom stereocenters. The van der Waals surface area contributed by atoms with Crippen molar-refractivity contribution < 1.29 is 19.1 Å². The number of ether oxygens (including phenoxy) is 1. The van der Waals surface area contributed by atoms with Gasteiger partial charge in [0, 0.05) is 18.3 Å². The number of rotatable bonds is 5. The van der Waals surface area contributed by atoms with E-state index in [-0.39, 0.29) is 28.8 Å². The zero-order valence-corrected chi connectivity index (χ0v) is 14.5. The normalized spacial score (nSPS) is 10.0. The van der Waals surface area contributed by atoms with Gasteiger partial charge in [-0.1, -0.05) is 23.7 Å². The van der Waals surface area contributed by atoms with Gasteiger partial charge in [0.1, 0.15) is 0 Å². The van der Waals surface area contributed by atoms with Crippen molar-refractivity contribution in [1.82, 2.24) is 0 Å². The van der Waals surface area contributed by atoms with Gasteiger partial charge in [0.15, 0.2) is 0 Å². The van der Waals surface area contributed by atoms with Gasteiger partial charge in [0.2, 0.25) is 11.8 Å². The fourth-order valence-corrected chi connectivity index (χ4v) is 2.36. The van der Waals surface area contributed by atoms with Gasteiger partial charge in [-0.25, -0.2) is 4.79 Å². The fraction of sp³-hybridized carbons (Fsp3) is 0.167. The van der Waals surface area contributed by atoms with Gasteiger partial charge < -0.3 is 15.4 Å². The lowest BCUT2D eigenvalue weighted by atomic mass is 10.1. The second-order valence-corrected chi connectivity index (χ2v) is 5.70. The van der Waals surface area contributed by atoms with E-state index in [2.05, 4.69) is 15.4 Å². The number of carbonyl (C=O) groups is 3. The van der Waals surface area contributed by atoms with Crippen LogP contribution in [-0.4, -0.2) is 24.9 Å². The molecular weight excluding hydrogens is 344 g/mol. The molecule has 0 spiro atoms. The molecule has 2 N–H and O–H groups in total. The quantitative estimate of drug-likeness (QED) is 0.801. The molecule has 2 aromatic rings. The van der Waals surface area contributed by atoms with Crippen LogP contribution in [0.1, 0.15) is 22.8 Å². The molecule has 0 heterocycles. The smallest absolute Gasteiger partial charge is 0.339 e. The van der Waals surface area contributed by atoms with Crippen molar-refractivity contribution in [3.8, 4) is 0 Å². The summed E-state index contributed by atoms with van der Waals surface area (Å²) in [5, 5.41) is 5.61. The molecular formula is C18H17ClN2O4. The number of carbonyl (C=O) groups excluding carboxylic acids is 3. The van der Waals surface area contributed by atoms with Gasteiger partial charge >= 0.3 is 5.97 Å². The van der Waals surface area contributed by atoms with Crippen LogP contribution >= 0.6 is 11.6 Å². The Morgan fingerprint density at radius 2 is 1.64 bits per heavy atom. The predicted octanol–water partition coefficient (Wildman–Crippen LogP) is 3.27. The monoisotopic (exact) mass is 360 g/mol. The van der Waals surface area contributed by atoms with Crippen LogP contribution in [0.3, 0.4) is 0 Å². The standard InChI is InChI=1S/C18H17ClN2O4/c1-11(22)20-13-5-3-12(4-6-13)9-17(23)21-14-7-8-16(19)15(10-14)18(24)25-2/h3-8,10H,9H2,1-2H3,(H,20,22)(H,21,23). The Morgan fingerprint density at radius 3 is 2.24 bits per heavy atom. The SMILES string of the molecule is COC(=O)c1cc(NC(=O)Cc2ccc(NC(C)=O)cc2)ccc1Cl. The molecule has 7 heteroatoms. The molecule has 0 saturated carbocycles. The third kappa shape index (κ3) is 5.32. The maximum absolute atomic E-state index is 12.2. The molecule has 0 aliphatic rings. The molecule has 130 valence electrons. The Kier molecular flexibility index (Phi) is 6.14. The fourth-order valence-electron chi connectivity index (χ4n) is 2.17. The maximum atomic E-state index is 12.2. The lowest BCUT2D eigenvalue weighted by Gasteiger charge is -2.09. The molecule has 0 fully saturated rings. The lowest BCUT2D eigenvalue weighted by Crippen LogP contribution is -2.15. The van der Waals surface area contributed by atoms with Gasteiger partial charge in [-0.15, -0.1) is 0 Å². The van der Waals surface area contributed by atoms with E-state index in [1.54, 1.807) is 30.3 Å². The summed E-state index contributed by atoms with van der Waals surface area (Å²) >= 11 is 5.94. The summed E-state index contributed by atoms with van der Waals surface area (Å²) in [6.45, 7) is 1.43. The number of methoxy groups -OCH3 is 1. The summed E-state index contributed by atoms with van der Waals surface area (Å²) in [7, 11) is 1.26. The molecule has 0 aromatic heterocycles. The number of halogens is 1. The highest BCUT2D eigenvalue weighted by Gasteiger charge is 2.12. The van der Waals surface area contributed by atoms with Crippen LogP contribution < -0.4 is 10.6 Å². The molecule has 0 aliphatic carbocycles. The zero-order chi connectivity index (χ0) is 18.4. The van der Waals surface area contributed by atoms with Crippen LogP contribution in [-0.2, 0) is 20.7 Å². The minimum Gasteiger partial charge on any atom is -0.465 e. The number of amides is 2. The van der Waals surface area contributed by atoms with Crippen LogP contribution in [0.2, 0.25) is 5.02 Å². The Morgan fingerprint density at radius 1 is 1.00 bits per heavy atom. The average Bonchev–Trinajstić information content (AvgIpc) is 2.57. The van der Waals surface area contributed by atoms with Gasteiger partial charge in [0.25, 0.3) is 0 Å². The van der Waals surface area contributed by atoms with Gasteiger partial charge in [0.05, 0.1) is 24.1 Å². The largest absolute Gasteiger partial charge is 0.465 e. The topological polar surface area (TPSA) is 84.5 Å². The third-order valence-corrected chi connectivity index (χ3v) is 3.62. The Balaban J connectivity index is 2.02. The second-order valence-electron chi connectivity index (χ2n) is 5.29. The minimum atomic E-state index is -0.574. The van der Waals surface area contributed by atoms with E-state index in [1.807, 2.05) is 0 Å². The first kappa shape index (κ1) is 18.5. The molecule has 2 rings (SSSR count). The van der Waals surface area contributed by atoms with E-state index in [0.29, 0.717) is 11.4 Å². The van der Waals surface area contributed by atoms with Crippen molar-refractivity contribution in [2.45, 2.75) is 13.3 Å². The summed E-state index contributed by atoms with van der Waals surface area (Å²) < 4.78 is 4.65. The summed E-state index contributed by atoms with van der Waals surface area (Å²) in [4.78, 5) is 34.8. The highest BCUT2D eigenvalue weighted by Crippen LogP contribution is 2.21. The molecule has 0 saturated heterocycles. The van der Waals surface area contributed by atoms with Crippen LogP contribution in [0.5, 0.6) is 0 Å². The number of anilines is 2. The van der Waals surface area contributed by atoms with Crippen LogP contribution in [0.15, 0.2) is 42.5 Å². The Bertz CT molecular complexity index is 803. The van der Waals surface area contributed by atoms with Crippen LogP contribution in [0.4, 0.5) is 11.4 Å². The van der Waals surface area contributed by atoms with Crippen molar-refractivity contribution >= 4 is 40.8 Å². The number of benzene rings is 2. The van der Waals surface area contributed by atoms with E-state index in [0.717, 1.165) is 5.56 Å². The van der Waals surface area contributed by atoms with E-state index in [9.17, 15) is 14.4 Å². The number of hydrogen-bond acceptors (Lipinski definition) is 4. The molecule has 0 atom stereocenters. The van der Waals surface area contributed by atoms with Crippen molar-refractivity contribution in [2.24, 2.45) is 0 Å². The van der Waals surface area contributed by atoms with E-state index < -0.39 is 5.97 Å². The number of hydrogen-bond donors (Lipinski definition) is 2. The van der Waals surface area contributed by atoms with Crippen molar-refractivity contribution in [3.63, 3.8) is 0 Å². The molecule has 2 aromatic carbocycles. The molecule has 2 amide bonds. The van der Waals surface area contributed by atoms with Gasteiger partial charge in [-0.3, -0.25) is 9.59 Å². The first-order valence-electron chi connectivity index (χ1n) is 7.43. The van der Waals surface area contributed by atoms with Gasteiger partial charge in [-0.2, -0.15) is 0 Å². The predicted molar refractivity (Wildman–Crippen MR) is 95.9 cm³/mol. The highest BCUT2D eigenvalue weighted by atomic mass is 35.5. The molecule has 6 nitrogen and oxygen atoms in total. The first-order valence-corrected chi connectivity index (χ1v) is 7.81. The maximum Gasteiger partial charge on any atom is 0.339 e. The van der Waals surface area contributed by atoms with Crippen molar-refractivity contribution in [1.29, 1.82) is 0 Å². The lowest BCUT2D eigenvalue weighted by molar-refractivity contribution is -0.116. The van der Waals surface area contributed by atoms with Gasteiger partial charge in [-0.05, 0) is 35.9 Å².